The van der Waals surface area contributed by atoms with E-state index in [1.807, 2.05) is 6.92 Å². The third-order valence-corrected chi connectivity index (χ3v) is 3.93. The van der Waals surface area contributed by atoms with Crippen molar-refractivity contribution in [2.75, 3.05) is 0 Å². The monoisotopic (exact) mass is 255 g/mol. The number of amides is 1. The Labute approximate surface area is 109 Å². The van der Waals surface area contributed by atoms with E-state index in [2.05, 4.69) is 12.2 Å². The Bertz CT molecular complexity index is 291. The van der Waals surface area contributed by atoms with Gasteiger partial charge in [-0.15, -0.1) is 0 Å². The summed E-state index contributed by atoms with van der Waals surface area (Å²) in [5.41, 5.74) is 0. The van der Waals surface area contributed by atoms with Crippen LogP contribution >= 0.6 is 0 Å². The molecule has 2 N–H and O–H groups in total. The van der Waals surface area contributed by atoms with Crippen molar-refractivity contribution in [3.63, 3.8) is 0 Å². The average molecular weight is 255 g/mol. The van der Waals surface area contributed by atoms with Crippen LogP contribution in [-0.4, -0.2) is 23.0 Å². The molecule has 0 saturated heterocycles. The maximum absolute atomic E-state index is 12.1. The number of aliphatic carboxylic acids is 1. The average Bonchev–Trinajstić information content (AvgIpc) is 2.78. The van der Waals surface area contributed by atoms with Crippen LogP contribution in [0.1, 0.15) is 58.8 Å². The van der Waals surface area contributed by atoms with Gasteiger partial charge in [-0.2, -0.15) is 0 Å². The summed E-state index contributed by atoms with van der Waals surface area (Å²) in [7, 11) is 0. The predicted molar refractivity (Wildman–Crippen MR) is 70.2 cm³/mol. The van der Waals surface area contributed by atoms with Gasteiger partial charge in [0.2, 0.25) is 5.91 Å². The van der Waals surface area contributed by atoms with E-state index < -0.39 is 11.9 Å². The lowest BCUT2D eigenvalue weighted by atomic mass is 9.96. The first kappa shape index (κ1) is 15.0. The molecule has 4 nitrogen and oxygen atoms in total. The van der Waals surface area contributed by atoms with Gasteiger partial charge in [0.1, 0.15) is 0 Å². The van der Waals surface area contributed by atoms with Crippen molar-refractivity contribution < 1.29 is 14.7 Å². The number of nitrogens with one attached hydrogen (secondary N) is 1. The molecule has 0 heterocycles. The summed E-state index contributed by atoms with van der Waals surface area (Å²) >= 11 is 0. The quantitative estimate of drug-likeness (QED) is 0.734. The molecule has 0 radical (unpaired) electrons. The van der Waals surface area contributed by atoms with Crippen LogP contribution in [0.15, 0.2) is 0 Å². The van der Waals surface area contributed by atoms with Crippen LogP contribution in [0, 0.1) is 11.8 Å². The van der Waals surface area contributed by atoms with Crippen molar-refractivity contribution in [1.82, 2.24) is 5.32 Å². The van der Waals surface area contributed by atoms with Gasteiger partial charge in [0.25, 0.3) is 0 Å². The minimum absolute atomic E-state index is 0.0417. The summed E-state index contributed by atoms with van der Waals surface area (Å²) < 4.78 is 0. The maximum atomic E-state index is 12.1. The molecule has 1 amide bonds. The minimum Gasteiger partial charge on any atom is -0.481 e. The van der Waals surface area contributed by atoms with Crippen molar-refractivity contribution in [2.24, 2.45) is 11.8 Å². The number of carboxylic acids is 1. The molecule has 0 aromatic heterocycles. The summed E-state index contributed by atoms with van der Waals surface area (Å²) in [6.07, 6.45) is 6.26. The highest BCUT2D eigenvalue weighted by molar-refractivity contribution is 5.80. The fourth-order valence-electron chi connectivity index (χ4n) is 2.70. The van der Waals surface area contributed by atoms with Gasteiger partial charge >= 0.3 is 5.97 Å². The Morgan fingerprint density at radius 1 is 1.33 bits per heavy atom. The number of rotatable bonds is 7. The molecule has 0 bridgehead atoms. The van der Waals surface area contributed by atoms with Crippen molar-refractivity contribution in [1.29, 1.82) is 0 Å². The second-order valence-corrected chi connectivity index (χ2v) is 5.24. The summed E-state index contributed by atoms with van der Waals surface area (Å²) in [5, 5.41) is 12.0. The van der Waals surface area contributed by atoms with Crippen LogP contribution in [0.4, 0.5) is 0 Å². The van der Waals surface area contributed by atoms with Gasteiger partial charge in [-0.05, 0) is 25.7 Å². The number of carboxylic acid groups (broad SMARTS) is 1. The number of carbonyl (C=O) groups excluding carboxylic acids is 1. The van der Waals surface area contributed by atoms with Crippen LogP contribution in [-0.2, 0) is 9.59 Å². The van der Waals surface area contributed by atoms with Crippen LogP contribution < -0.4 is 5.32 Å². The van der Waals surface area contributed by atoms with Gasteiger partial charge in [-0.1, -0.05) is 33.1 Å². The molecule has 0 aliphatic heterocycles. The lowest BCUT2D eigenvalue weighted by molar-refractivity contribution is -0.142. The highest BCUT2D eigenvalue weighted by Gasteiger charge is 2.34. The number of hydrogen-bond donors (Lipinski definition) is 2. The third kappa shape index (κ3) is 4.00. The van der Waals surface area contributed by atoms with Crippen molar-refractivity contribution in [3.8, 4) is 0 Å². The molecule has 3 unspecified atom stereocenters. The molecule has 104 valence electrons. The number of carbonyl (C=O) groups is 2. The molecule has 0 aromatic carbocycles. The highest BCUT2D eigenvalue weighted by atomic mass is 16.4. The molecule has 1 aliphatic carbocycles. The van der Waals surface area contributed by atoms with E-state index in [4.69, 9.17) is 5.11 Å². The van der Waals surface area contributed by atoms with Gasteiger partial charge in [-0.3, -0.25) is 9.59 Å². The normalized spacial score (nSPS) is 24.8. The SMILES string of the molecule is CCCCC(CC)C(=O)NC1CCCC1C(=O)O. The smallest absolute Gasteiger partial charge is 0.308 e. The van der Waals surface area contributed by atoms with Gasteiger partial charge in [0.05, 0.1) is 5.92 Å². The Morgan fingerprint density at radius 2 is 2.06 bits per heavy atom. The topological polar surface area (TPSA) is 66.4 Å². The Balaban J connectivity index is 2.49. The summed E-state index contributed by atoms with van der Waals surface area (Å²) in [6, 6.07) is -0.161. The van der Waals surface area contributed by atoms with E-state index in [1.54, 1.807) is 0 Å². The lowest BCUT2D eigenvalue weighted by Gasteiger charge is -2.21. The molecule has 1 saturated carbocycles. The van der Waals surface area contributed by atoms with E-state index in [9.17, 15) is 9.59 Å². The van der Waals surface area contributed by atoms with Gasteiger partial charge < -0.3 is 10.4 Å². The van der Waals surface area contributed by atoms with E-state index in [0.29, 0.717) is 6.42 Å². The maximum Gasteiger partial charge on any atom is 0.308 e. The molecule has 1 aliphatic rings. The zero-order valence-corrected chi connectivity index (χ0v) is 11.4. The predicted octanol–water partition coefficient (Wildman–Crippen LogP) is 2.57. The summed E-state index contributed by atoms with van der Waals surface area (Å²) in [4.78, 5) is 23.2. The number of unbranched alkanes of at least 4 members (excludes halogenated alkanes) is 1. The third-order valence-electron chi connectivity index (χ3n) is 3.93. The second-order valence-electron chi connectivity index (χ2n) is 5.24. The van der Waals surface area contributed by atoms with Crippen molar-refractivity contribution in [3.05, 3.63) is 0 Å². The molecule has 3 atom stereocenters. The Kier molecular flexibility index (Phi) is 6.16. The fourth-order valence-corrected chi connectivity index (χ4v) is 2.70. The highest BCUT2D eigenvalue weighted by Crippen LogP contribution is 2.26. The molecular weight excluding hydrogens is 230 g/mol. The standard InChI is InChI=1S/C14H25NO3/c1-3-5-7-10(4-2)13(16)15-12-9-6-8-11(12)14(17)18/h10-12H,3-9H2,1-2H3,(H,15,16)(H,17,18). The molecule has 18 heavy (non-hydrogen) atoms. The Hall–Kier alpha value is -1.06. The van der Waals surface area contributed by atoms with Crippen molar-refractivity contribution in [2.45, 2.75) is 64.8 Å². The van der Waals surface area contributed by atoms with Gasteiger partial charge in [-0.25, -0.2) is 0 Å². The lowest BCUT2D eigenvalue weighted by Crippen LogP contribution is -2.42. The zero-order valence-electron chi connectivity index (χ0n) is 11.4. The van der Waals surface area contributed by atoms with Crippen LogP contribution in [0.2, 0.25) is 0 Å². The van der Waals surface area contributed by atoms with E-state index >= 15 is 0 Å². The Morgan fingerprint density at radius 3 is 2.61 bits per heavy atom. The van der Waals surface area contributed by atoms with Gasteiger partial charge in [0.15, 0.2) is 0 Å². The second kappa shape index (κ2) is 7.39. The van der Waals surface area contributed by atoms with Crippen LogP contribution in [0.3, 0.4) is 0 Å². The molecule has 0 aromatic rings. The zero-order chi connectivity index (χ0) is 13.5. The molecule has 1 rings (SSSR count). The summed E-state index contributed by atoms with van der Waals surface area (Å²) in [5.74, 6) is -1.08. The largest absolute Gasteiger partial charge is 0.481 e. The first-order valence-electron chi connectivity index (χ1n) is 7.13. The molecule has 4 heteroatoms. The first-order valence-corrected chi connectivity index (χ1v) is 7.13. The number of hydrogen-bond acceptors (Lipinski definition) is 2. The van der Waals surface area contributed by atoms with E-state index in [1.165, 1.54) is 0 Å². The van der Waals surface area contributed by atoms with E-state index in [0.717, 1.165) is 38.5 Å². The van der Waals surface area contributed by atoms with Crippen LogP contribution in [0.5, 0.6) is 0 Å². The summed E-state index contributed by atoms with van der Waals surface area (Å²) in [6.45, 7) is 4.13. The fraction of sp³-hybridized carbons (Fsp3) is 0.857. The minimum atomic E-state index is -0.778. The molecule has 1 fully saturated rings. The van der Waals surface area contributed by atoms with Crippen molar-refractivity contribution >= 4 is 11.9 Å². The first-order chi connectivity index (χ1) is 8.60. The van der Waals surface area contributed by atoms with E-state index in [-0.39, 0.29) is 17.9 Å². The molecular formula is C14H25NO3. The van der Waals surface area contributed by atoms with Crippen LogP contribution in [0.25, 0.3) is 0 Å². The molecule has 0 spiro atoms. The van der Waals surface area contributed by atoms with Gasteiger partial charge in [0, 0.05) is 12.0 Å².